The molecule has 2 saturated heterocycles. The van der Waals surface area contributed by atoms with Crippen molar-refractivity contribution in [2.24, 2.45) is 4.99 Å². The van der Waals surface area contributed by atoms with Crippen LogP contribution < -0.4 is 10.1 Å². The van der Waals surface area contributed by atoms with Gasteiger partial charge in [-0.1, -0.05) is 18.2 Å². The predicted molar refractivity (Wildman–Crippen MR) is 108 cm³/mol. The fourth-order valence-electron chi connectivity index (χ4n) is 3.92. The van der Waals surface area contributed by atoms with Crippen LogP contribution >= 0.6 is 0 Å². The smallest absolute Gasteiger partial charge is 0.193 e. The van der Waals surface area contributed by atoms with Crippen LogP contribution in [0.1, 0.15) is 45.6 Å². The molecule has 1 atom stereocenters. The number of nitrogens with zero attached hydrogens (tertiary/aromatic N) is 3. The molecule has 0 radical (unpaired) electrons. The van der Waals surface area contributed by atoms with Gasteiger partial charge in [0.2, 0.25) is 0 Å². The maximum absolute atomic E-state index is 6.11. The molecule has 0 saturated carbocycles. The van der Waals surface area contributed by atoms with E-state index in [9.17, 15) is 0 Å². The van der Waals surface area contributed by atoms with E-state index < -0.39 is 0 Å². The minimum absolute atomic E-state index is 0.199. The largest absolute Gasteiger partial charge is 0.488 e. The van der Waals surface area contributed by atoms with Crippen LogP contribution in [0.2, 0.25) is 0 Å². The molecule has 2 heterocycles. The van der Waals surface area contributed by atoms with Crippen molar-refractivity contribution in [3.8, 4) is 5.75 Å². The van der Waals surface area contributed by atoms with E-state index in [4.69, 9.17) is 4.74 Å². The van der Waals surface area contributed by atoms with Gasteiger partial charge in [0.05, 0.1) is 0 Å². The van der Waals surface area contributed by atoms with Crippen molar-refractivity contribution in [1.82, 2.24) is 15.1 Å². The monoisotopic (exact) mass is 358 g/mol. The Morgan fingerprint density at radius 1 is 1.19 bits per heavy atom. The van der Waals surface area contributed by atoms with Gasteiger partial charge in [-0.3, -0.25) is 9.89 Å². The fourth-order valence-corrected chi connectivity index (χ4v) is 3.92. The molecular formula is C21H34N4O. The van der Waals surface area contributed by atoms with E-state index in [0.717, 1.165) is 31.3 Å². The Hall–Kier alpha value is -1.75. The number of rotatable bonds is 4. The van der Waals surface area contributed by atoms with Gasteiger partial charge in [0, 0.05) is 38.3 Å². The molecule has 144 valence electrons. The Morgan fingerprint density at radius 3 is 2.62 bits per heavy atom. The first kappa shape index (κ1) is 19.0. The third-order valence-corrected chi connectivity index (χ3v) is 5.16. The highest BCUT2D eigenvalue weighted by Gasteiger charge is 2.30. The normalized spacial score (nSPS) is 22.1. The minimum atomic E-state index is -0.199. The summed E-state index contributed by atoms with van der Waals surface area (Å²) in [4.78, 5) is 9.57. The number of para-hydroxylation sites is 1. The van der Waals surface area contributed by atoms with Crippen molar-refractivity contribution in [1.29, 1.82) is 0 Å². The Morgan fingerprint density at radius 2 is 1.92 bits per heavy atom. The third kappa shape index (κ3) is 4.91. The third-order valence-electron chi connectivity index (χ3n) is 5.16. The van der Waals surface area contributed by atoms with Gasteiger partial charge in [0.1, 0.15) is 11.4 Å². The van der Waals surface area contributed by atoms with Crippen LogP contribution in [0.5, 0.6) is 5.75 Å². The summed E-state index contributed by atoms with van der Waals surface area (Å²) in [5.41, 5.74) is 0.967. The lowest BCUT2D eigenvalue weighted by Gasteiger charge is -2.26. The molecule has 5 heteroatoms. The second-order valence-corrected chi connectivity index (χ2v) is 8.35. The van der Waals surface area contributed by atoms with Crippen molar-refractivity contribution < 1.29 is 4.74 Å². The summed E-state index contributed by atoms with van der Waals surface area (Å²) < 4.78 is 6.11. The second kappa shape index (κ2) is 8.30. The average molecular weight is 359 g/mol. The summed E-state index contributed by atoms with van der Waals surface area (Å²) in [7, 11) is 1.88. The molecule has 3 rings (SSSR count). The first-order chi connectivity index (χ1) is 12.5. The number of hydrogen-bond acceptors (Lipinski definition) is 3. The molecule has 2 aliphatic heterocycles. The minimum Gasteiger partial charge on any atom is -0.488 e. The predicted octanol–water partition coefficient (Wildman–Crippen LogP) is 3.11. The topological polar surface area (TPSA) is 40.1 Å². The molecular weight excluding hydrogens is 324 g/mol. The lowest BCUT2D eigenvalue weighted by atomic mass is 10.1. The van der Waals surface area contributed by atoms with Gasteiger partial charge in [-0.2, -0.15) is 0 Å². The van der Waals surface area contributed by atoms with E-state index in [1.54, 1.807) is 0 Å². The summed E-state index contributed by atoms with van der Waals surface area (Å²) in [5.74, 6) is 1.94. The SMILES string of the molecule is CN=C(NCc1ccccc1OC(C)(C)C)N1CCC(N2CCCC2)C1. The standard InChI is InChI=1S/C21H34N4O/c1-21(2,3)26-19-10-6-5-9-17(19)15-23-20(22-4)25-14-11-18(16-25)24-12-7-8-13-24/h5-6,9-10,18H,7-8,11-16H2,1-4H3,(H,22,23). The van der Waals surface area contributed by atoms with Crippen molar-refractivity contribution in [3.63, 3.8) is 0 Å². The zero-order valence-electron chi connectivity index (χ0n) is 16.8. The summed E-state index contributed by atoms with van der Waals surface area (Å²) in [5, 5.41) is 3.54. The molecule has 5 nitrogen and oxygen atoms in total. The molecule has 2 fully saturated rings. The lowest BCUT2D eigenvalue weighted by Crippen LogP contribution is -2.42. The van der Waals surface area contributed by atoms with Crippen molar-refractivity contribution in [2.45, 2.75) is 58.2 Å². The highest BCUT2D eigenvalue weighted by atomic mass is 16.5. The number of likely N-dealkylation sites (tertiary alicyclic amines) is 2. The highest BCUT2D eigenvalue weighted by Crippen LogP contribution is 2.24. The number of nitrogens with one attached hydrogen (secondary N) is 1. The Kier molecular flexibility index (Phi) is 6.07. The molecule has 0 amide bonds. The fraction of sp³-hybridized carbons (Fsp3) is 0.667. The van der Waals surface area contributed by atoms with Gasteiger partial charge in [0.15, 0.2) is 5.96 Å². The van der Waals surface area contributed by atoms with E-state index in [-0.39, 0.29) is 5.60 Å². The quantitative estimate of drug-likeness (QED) is 0.663. The number of ether oxygens (including phenoxy) is 1. The number of hydrogen-bond donors (Lipinski definition) is 1. The number of aliphatic imine (C=N–C) groups is 1. The van der Waals surface area contributed by atoms with E-state index >= 15 is 0 Å². The molecule has 1 N–H and O–H groups in total. The van der Waals surface area contributed by atoms with Gasteiger partial charge in [0.25, 0.3) is 0 Å². The van der Waals surface area contributed by atoms with Crippen LogP contribution in [0, 0.1) is 0 Å². The van der Waals surface area contributed by atoms with Crippen molar-refractivity contribution in [3.05, 3.63) is 29.8 Å². The van der Waals surface area contributed by atoms with Gasteiger partial charge in [-0.05, 0) is 59.2 Å². The molecule has 0 spiro atoms. The maximum Gasteiger partial charge on any atom is 0.193 e. The summed E-state index contributed by atoms with van der Waals surface area (Å²) in [6, 6.07) is 8.95. The second-order valence-electron chi connectivity index (χ2n) is 8.35. The molecule has 1 aromatic rings. The van der Waals surface area contributed by atoms with Crippen LogP contribution in [0.4, 0.5) is 0 Å². The Balaban J connectivity index is 1.58. The van der Waals surface area contributed by atoms with Gasteiger partial charge in [-0.15, -0.1) is 0 Å². The van der Waals surface area contributed by atoms with E-state index in [2.05, 4.69) is 53.0 Å². The first-order valence-corrected chi connectivity index (χ1v) is 9.93. The summed E-state index contributed by atoms with van der Waals surface area (Å²) >= 11 is 0. The maximum atomic E-state index is 6.11. The molecule has 2 aliphatic rings. The molecule has 26 heavy (non-hydrogen) atoms. The molecule has 0 aromatic heterocycles. The molecule has 1 unspecified atom stereocenters. The van der Waals surface area contributed by atoms with E-state index in [0.29, 0.717) is 6.04 Å². The van der Waals surface area contributed by atoms with Crippen molar-refractivity contribution >= 4 is 5.96 Å². The van der Waals surface area contributed by atoms with Crippen LogP contribution in [-0.4, -0.2) is 60.6 Å². The molecule has 0 bridgehead atoms. The zero-order valence-corrected chi connectivity index (χ0v) is 16.8. The van der Waals surface area contributed by atoms with Gasteiger partial charge < -0.3 is 15.0 Å². The number of guanidine groups is 1. The number of benzene rings is 1. The highest BCUT2D eigenvalue weighted by molar-refractivity contribution is 5.80. The molecule has 0 aliphatic carbocycles. The Labute approximate surface area is 158 Å². The van der Waals surface area contributed by atoms with E-state index in [1.807, 2.05) is 19.2 Å². The van der Waals surface area contributed by atoms with Crippen LogP contribution in [0.3, 0.4) is 0 Å². The average Bonchev–Trinajstić information content (AvgIpc) is 3.26. The Bertz CT molecular complexity index is 617. The first-order valence-electron chi connectivity index (χ1n) is 9.93. The van der Waals surface area contributed by atoms with Crippen molar-refractivity contribution in [2.75, 3.05) is 33.2 Å². The summed E-state index contributed by atoms with van der Waals surface area (Å²) in [6.07, 6.45) is 3.95. The molecule has 1 aromatic carbocycles. The van der Waals surface area contributed by atoms with Crippen LogP contribution in [0.15, 0.2) is 29.3 Å². The zero-order chi connectivity index (χ0) is 18.6. The van der Waals surface area contributed by atoms with Crippen LogP contribution in [-0.2, 0) is 6.54 Å². The van der Waals surface area contributed by atoms with Gasteiger partial charge in [-0.25, -0.2) is 0 Å². The lowest BCUT2D eigenvalue weighted by molar-refractivity contribution is 0.129. The summed E-state index contributed by atoms with van der Waals surface area (Å²) in [6.45, 7) is 11.7. The van der Waals surface area contributed by atoms with Gasteiger partial charge >= 0.3 is 0 Å². The van der Waals surface area contributed by atoms with Crippen LogP contribution in [0.25, 0.3) is 0 Å². The van der Waals surface area contributed by atoms with E-state index in [1.165, 1.54) is 37.9 Å².